The molecule has 0 N–H and O–H groups in total. The second kappa shape index (κ2) is 10.8. The van der Waals surface area contributed by atoms with Crippen LogP contribution in [0.15, 0.2) is 59.8 Å². The molecule has 2 fully saturated rings. The minimum Gasteiger partial charge on any atom is -0.341 e. The number of halogens is 1. The van der Waals surface area contributed by atoms with Crippen LogP contribution in [0.5, 0.6) is 0 Å². The second-order valence-corrected chi connectivity index (χ2v) is 10.1. The van der Waals surface area contributed by atoms with Crippen molar-refractivity contribution in [3.63, 3.8) is 0 Å². The van der Waals surface area contributed by atoms with Crippen molar-refractivity contribution in [2.24, 2.45) is 0 Å². The molecule has 0 bridgehead atoms. The number of thioether (sulfide) groups is 1. The molecule has 0 unspecified atom stereocenters. The molecule has 0 saturated carbocycles. The topological polar surface area (TPSA) is 57.5 Å². The maximum absolute atomic E-state index is 13.0. The number of carbonyl (C=O) groups is 1. The fourth-order valence-corrected chi connectivity index (χ4v) is 5.57. The SMILES string of the molecule is O=C(CSc1nnc(N2CCCC2)n1-c1cccc(Cl)c1)N1CCN(Cc2ccccc2)CC1. The molecular weight excluding hydrogens is 468 g/mol. The van der Waals surface area contributed by atoms with Gasteiger partial charge in [-0.25, -0.2) is 0 Å². The average molecular weight is 497 g/mol. The normalized spacial score (nSPS) is 16.9. The third kappa shape index (κ3) is 5.40. The lowest BCUT2D eigenvalue weighted by molar-refractivity contribution is -0.130. The van der Waals surface area contributed by atoms with E-state index in [2.05, 4.69) is 44.3 Å². The molecule has 7 nitrogen and oxygen atoms in total. The van der Waals surface area contributed by atoms with Gasteiger partial charge in [0.25, 0.3) is 0 Å². The summed E-state index contributed by atoms with van der Waals surface area (Å²) >= 11 is 7.73. The van der Waals surface area contributed by atoms with E-state index in [1.54, 1.807) is 0 Å². The van der Waals surface area contributed by atoms with Crippen molar-refractivity contribution in [2.75, 3.05) is 49.9 Å². The quantitative estimate of drug-likeness (QED) is 0.461. The van der Waals surface area contributed by atoms with Crippen molar-refractivity contribution in [3.05, 3.63) is 65.2 Å². The van der Waals surface area contributed by atoms with E-state index >= 15 is 0 Å². The first-order valence-electron chi connectivity index (χ1n) is 11.8. The zero-order valence-electron chi connectivity index (χ0n) is 19.1. The molecule has 0 spiro atoms. The first kappa shape index (κ1) is 23.2. The summed E-state index contributed by atoms with van der Waals surface area (Å²) in [6.45, 7) is 6.16. The molecule has 2 saturated heterocycles. The Hall–Kier alpha value is -2.55. The van der Waals surface area contributed by atoms with Gasteiger partial charge >= 0.3 is 0 Å². The maximum Gasteiger partial charge on any atom is 0.233 e. The number of nitrogens with zero attached hydrogens (tertiary/aromatic N) is 6. The summed E-state index contributed by atoms with van der Waals surface area (Å²) < 4.78 is 2.03. The number of piperazine rings is 1. The van der Waals surface area contributed by atoms with Crippen LogP contribution in [0.4, 0.5) is 5.95 Å². The molecule has 3 aromatic rings. The number of hydrogen-bond donors (Lipinski definition) is 0. The molecule has 178 valence electrons. The van der Waals surface area contributed by atoms with Crippen molar-refractivity contribution >= 4 is 35.2 Å². The van der Waals surface area contributed by atoms with E-state index in [1.165, 1.54) is 17.3 Å². The molecule has 2 aliphatic heterocycles. The average Bonchev–Trinajstić information content (AvgIpc) is 3.54. The van der Waals surface area contributed by atoms with Crippen LogP contribution in [0.2, 0.25) is 5.02 Å². The van der Waals surface area contributed by atoms with Crippen LogP contribution in [-0.2, 0) is 11.3 Å². The van der Waals surface area contributed by atoms with Gasteiger partial charge < -0.3 is 9.80 Å². The first-order valence-corrected chi connectivity index (χ1v) is 13.2. The van der Waals surface area contributed by atoms with Gasteiger partial charge in [0.05, 0.1) is 11.4 Å². The Labute approximate surface area is 209 Å². The van der Waals surface area contributed by atoms with Crippen LogP contribution >= 0.6 is 23.4 Å². The molecule has 5 rings (SSSR count). The number of anilines is 1. The largest absolute Gasteiger partial charge is 0.341 e. The molecule has 1 amide bonds. The number of hydrogen-bond acceptors (Lipinski definition) is 6. The summed E-state index contributed by atoms with van der Waals surface area (Å²) in [5.74, 6) is 1.31. The van der Waals surface area contributed by atoms with E-state index in [0.29, 0.717) is 10.8 Å². The van der Waals surface area contributed by atoms with Crippen molar-refractivity contribution in [2.45, 2.75) is 24.5 Å². The summed E-state index contributed by atoms with van der Waals surface area (Å²) in [4.78, 5) is 19.6. The van der Waals surface area contributed by atoms with Gasteiger partial charge in [0.1, 0.15) is 0 Å². The molecule has 9 heteroatoms. The molecule has 1 aromatic heterocycles. The molecular formula is C25H29ClN6OS. The van der Waals surface area contributed by atoms with E-state index in [9.17, 15) is 4.79 Å². The number of rotatable bonds is 7. The van der Waals surface area contributed by atoms with Gasteiger partial charge in [0.2, 0.25) is 11.9 Å². The molecule has 34 heavy (non-hydrogen) atoms. The molecule has 3 heterocycles. The number of benzene rings is 2. The van der Waals surface area contributed by atoms with Crippen LogP contribution in [-0.4, -0.2) is 75.5 Å². The molecule has 0 aliphatic carbocycles. The molecule has 2 aromatic carbocycles. The summed E-state index contributed by atoms with van der Waals surface area (Å²) in [5.41, 5.74) is 2.23. The smallest absolute Gasteiger partial charge is 0.233 e. The zero-order valence-corrected chi connectivity index (χ0v) is 20.7. The Kier molecular flexibility index (Phi) is 7.37. The summed E-state index contributed by atoms with van der Waals surface area (Å²) in [5, 5.41) is 10.3. The van der Waals surface area contributed by atoms with E-state index in [4.69, 9.17) is 11.6 Å². The van der Waals surface area contributed by atoms with E-state index in [1.807, 2.05) is 39.8 Å². The summed E-state index contributed by atoms with van der Waals surface area (Å²) in [6, 6.07) is 18.2. The van der Waals surface area contributed by atoms with E-state index in [-0.39, 0.29) is 5.91 Å². The lowest BCUT2D eigenvalue weighted by Gasteiger charge is -2.34. The first-order chi connectivity index (χ1) is 16.7. The van der Waals surface area contributed by atoms with Gasteiger partial charge in [0.15, 0.2) is 5.16 Å². The van der Waals surface area contributed by atoms with E-state index < -0.39 is 0 Å². The Balaban J connectivity index is 1.22. The zero-order chi connectivity index (χ0) is 23.3. The lowest BCUT2D eigenvalue weighted by atomic mass is 10.2. The van der Waals surface area contributed by atoms with Gasteiger partial charge in [-0.15, -0.1) is 10.2 Å². The Morgan fingerprint density at radius 1 is 0.912 bits per heavy atom. The summed E-state index contributed by atoms with van der Waals surface area (Å²) in [6.07, 6.45) is 2.30. The van der Waals surface area contributed by atoms with Crippen LogP contribution in [0.25, 0.3) is 5.69 Å². The maximum atomic E-state index is 13.0. The molecule has 0 atom stereocenters. The third-order valence-electron chi connectivity index (χ3n) is 6.37. The number of amides is 1. The van der Waals surface area contributed by atoms with Gasteiger partial charge in [-0.1, -0.05) is 59.8 Å². The fraction of sp³-hybridized carbons (Fsp3) is 0.400. The van der Waals surface area contributed by atoms with Gasteiger partial charge in [0, 0.05) is 50.8 Å². The molecule has 2 aliphatic rings. The van der Waals surface area contributed by atoms with Crippen LogP contribution in [0.1, 0.15) is 18.4 Å². The van der Waals surface area contributed by atoms with E-state index in [0.717, 1.165) is 75.4 Å². The van der Waals surface area contributed by atoms with Crippen molar-refractivity contribution in [3.8, 4) is 5.69 Å². The Morgan fingerprint density at radius 3 is 2.41 bits per heavy atom. The standard InChI is InChI=1S/C25H29ClN6OS/c26-21-9-6-10-22(17-21)32-24(31-11-4-5-12-31)27-28-25(32)34-19-23(33)30-15-13-29(14-16-30)18-20-7-2-1-3-8-20/h1-3,6-10,17H,4-5,11-16,18-19H2. The highest BCUT2D eigenvalue weighted by molar-refractivity contribution is 7.99. The minimum absolute atomic E-state index is 0.146. The lowest BCUT2D eigenvalue weighted by Crippen LogP contribution is -2.48. The van der Waals surface area contributed by atoms with Crippen molar-refractivity contribution < 1.29 is 4.79 Å². The van der Waals surface area contributed by atoms with Crippen LogP contribution in [0, 0.1) is 0 Å². The molecule has 0 radical (unpaired) electrons. The summed E-state index contributed by atoms with van der Waals surface area (Å²) in [7, 11) is 0. The van der Waals surface area contributed by atoms with Crippen molar-refractivity contribution in [1.82, 2.24) is 24.6 Å². The predicted octanol–water partition coefficient (Wildman–Crippen LogP) is 3.96. The highest BCUT2D eigenvalue weighted by Gasteiger charge is 2.25. The predicted molar refractivity (Wildman–Crippen MR) is 137 cm³/mol. The highest BCUT2D eigenvalue weighted by Crippen LogP contribution is 2.29. The third-order valence-corrected chi connectivity index (χ3v) is 7.52. The number of carbonyl (C=O) groups excluding carboxylic acids is 1. The Bertz CT molecular complexity index is 1110. The van der Waals surface area contributed by atoms with Crippen molar-refractivity contribution in [1.29, 1.82) is 0 Å². The van der Waals surface area contributed by atoms with Gasteiger partial charge in [-0.3, -0.25) is 14.3 Å². The van der Waals surface area contributed by atoms with Crippen LogP contribution in [0.3, 0.4) is 0 Å². The fourth-order valence-electron chi connectivity index (χ4n) is 4.53. The second-order valence-electron chi connectivity index (χ2n) is 8.72. The monoisotopic (exact) mass is 496 g/mol. The van der Waals surface area contributed by atoms with Gasteiger partial charge in [-0.2, -0.15) is 0 Å². The van der Waals surface area contributed by atoms with Gasteiger partial charge in [-0.05, 0) is 36.6 Å². The number of aromatic nitrogens is 3. The highest BCUT2D eigenvalue weighted by atomic mass is 35.5. The minimum atomic E-state index is 0.146. The van der Waals surface area contributed by atoms with Crippen LogP contribution < -0.4 is 4.90 Å². The Morgan fingerprint density at radius 2 is 1.68 bits per heavy atom.